The number of hydrogen-bond donors (Lipinski definition) is 4. The minimum Gasteiger partial charge on any atom is -0.355 e. The molecule has 2 saturated heterocycles. The van der Waals surface area contributed by atoms with Crippen LogP contribution in [0.1, 0.15) is 43.0 Å². The monoisotopic (exact) mass is 896 g/mol. The van der Waals surface area contributed by atoms with Crippen LogP contribution in [-0.2, 0) is 44.9 Å². The zero-order chi connectivity index (χ0) is 46.4. The molecule has 4 atom stereocenters. The third-order valence-corrected chi connectivity index (χ3v) is 12.3. The highest BCUT2D eigenvalue weighted by Gasteiger charge is 2.45. The fourth-order valence-electron chi connectivity index (χ4n) is 8.56. The molecule has 0 saturated carbocycles. The lowest BCUT2D eigenvalue weighted by Crippen LogP contribution is -2.42. The van der Waals surface area contributed by atoms with Gasteiger partial charge in [-0.1, -0.05) is 84.9 Å². The molecule has 0 radical (unpaired) electrons. The minimum absolute atomic E-state index is 0.0297. The van der Waals surface area contributed by atoms with Crippen molar-refractivity contribution in [2.45, 2.75) is 25.7 Å². The lowest BCUT2D eigenvalue weighted by atomic mass is 9.94. The number of benzene rings is 5. The van der Waals surface area contributed by atoms with Crippen LogP contribution in [0.25, 0.3) is 0 Å². The Morgan fingerprint density at radius 3 is 0.909 bits per heavy atom. The van der Waals surface area contributed by atoms with Gasteiger partial charge >= 0.3 is 0 Å². The van der Waals surface area contributed by atoms with Gasteiger partial charge in [0, 0.05) is 63.5 Å². The van der Waals surface area contributed by atoms with Crippen LogP contribution in [-0.4, -0.2) is 97.6 Å². The Hall–Kier alpha value is -7.22. The molecular weight excluding hydrogens is 843 g/mol. The molecule has 2 aliphatic heterocycles. The molecule has 5 aromatic carbocycles. The van der Waals surface area contributed by atoms with E-state index in [4.69, 9.17) is 0 Å². The van der Waals surface area contributed by atoms with Gasteiger partial charge < -0.3 is 31.1 Å². The summed E-state index contributed by atoms with van der Waals surface area (Å²) in [6, 6.07) is 37.4. The molecule has 4 N–H and O–H groups in total. The van der Waals surface area contributed by atoms with Crippen molar-refractivity contribution in [3.8, 4) is 0 Å². The predicted molar refractivity (Wildman–Crippen MR) is 245 cm³/mol. The first-order chi connectivity index (χ1) is 32.0. The molecule has 14 heteroatoms. The van der Waals surface area contributed by atoms with Crippen LogP contribution in [0.2, 0.25) is 0 Å². The van der Waals surface area contributed by atoms with Crippen LogP contribution < -0.4 is 21.3 Å². The standard InChI is InChI=1S/C52H54F2N6O6/c53-41-19-11-37(12-20-41)25-29-57-49(63)45-33-60(34-46(45)50(64)58-30-26-38-13-21-42(54)22-14-38)52(66)40-17-15-39(16-18-40)51(65)59-31-43(47(61)55-27-23-35-7-3-1-4-8-35)44(32-59)48(62)56-28-24-36-9-5-2-6-10-36/h1-22,43-46H,23-34H2,(H,55,61)(H,56,62)(H,57,63)(H,58,64)/t43-,44-,45-,46-/m0/s1. The number of hydrogen-bond acceptors (Lipinski definition) is 6. The van der Waals surface area contributed by atoms with Crippen molar-refractivity contribution >= 4 is 35.4 Å². The molecule has 2 heterocycles. The number of nitrogens with one attached hydrogen (secondary N) is 4. The highest BCUT2D eigenvalue weighted by molar-refractivity contribution is 6.00. The lowest BCUT2D eigenvalue weighted by Gasteiger charge is -2.18. The van der Waals surface area contributed by atoms with E-state index in [1.165, 1.54) is 58.3 Å². The number of nitrogens with zero attached hydrogens (tertiary/aromatic N) is 2. The molecule has 6 amide bonds. The van der Waals surface area contributed by atoms with Crippen LogP contribution in [0, 0.1) is 35.3 Å². The fraction of sp³-hybridized carbons (Fsp3) is 0.308. The first-order valence-corrected chi connectivity index (χ1v) is 22.4. The smallest absolute Gasteiger partial charge is 0.253 e. The SMILES string of the molecule is O=C(NCCc1ccccc1)[C@H]1CN(C(=O)c2ccc(C(=O)N3C[C@H](C(=O)NCCc4ccc(F)cc4)[C@@H](C(=O)NCCc4ccc(F)cc4)C3)cc2)C[C@@H]1C(=O)NCCc1ccccc1. The van der Waals surface area contributed by atoms with Crippen molar-refractivity contribution in [2.24, 2.45) is 23.7 Å². The van der Waals surface area contributed by atoms with Crippen LogP contribution in [0.3, 0.4) is 0 Å². The van der Waals surface area contributed by atoms with E-state index in [2.05, 4.69) is 21.3 Å². The molecule has 0 unspecified atom stereocenters. The van der Waals surface area contributed by atoms with E-state index in [1.807, 2.05) is 60.7 Å². The maximum atomic E-state index is 14.0. The molecule has 2 fully saturated rings. The summed E-state index contributed by atoms with van der Waals surface area (Å²) in [5.74, 6) is -6.26. The molecule has 0 bridgehead atoms. The van der Waals surface area contributed by atoms with Gasteiger partial charge in [-0.05, 0) is 96.5 Å². The molecule has 0 aliphatic carbocycles. The molecule has 5 aromatic rings. The number of rotatable bonds is 18. The number of halogens is 2. The fourth-order valence-corrected chi connectivity index (χ4v) is 8.56. The Kier molecular flexibility index (Phi) is 16.0. The second kappa shape index (κ2) is 22.6. The van der Waals surface area contributed by atoms with Gasteiger partial charge in [0.15, 0.2) is 0 Å². The maximum absolute atomic E-state index is 14.0. The maximum Gasteiger partial charge on any atom is 0.253 e. The highest BCUT2D eigenvalue weighted by atomic mass is 19.1. The number of carbonyl (C=O) groups is 6. The van der Waals surface area contributed by atoms with E-state index < -0.39 is 47.3 Å². The van der Waals surface area contributed by atoms with Crippen molar-refractivity contribution in [3.05, 3.63) is 178 Å². The van der Waals surface area contributed by atoms with E-state index >= 15 is 0 Å². The van der Waals surface area contributed by atoms with Crippen molar-refractivity contribution in [3.63, 3.8) is 0 Å². The van der Waals surface area contributed by atoms with Crippen LogP contribution >= 0.6 is 0 Å². The zero-order valence-corrected chi connectivity index (χ0v) is 36.6. The van der Waals surface area contributed by atoms with Crippen LogP contribution in [0.15, 0.2) is 133 Å². The van der Waals surface area contributed by atoms with E-state index in [1.54, 1.807) is 24.3 Å². The van der Waals surface area contributed by atoms with Crippen molar-refractivity contribution < 1.29 is 37.5 Å². The van der Waals surface area contributed by atoms with Gasteiger partial charge in [0.2, 0.25) is 23.6 Å². The van der Waals surface area contributed by atoms with Gasteiger partial charge in [0.1, 0.15) is 11.6 Å². The molecule has 0 spiro atoms. The Morgan fingerprint density at radius 1 is 0.379 bits per heavy atom. The Balaban J connectivity index is 0.990. The summed E-state index contributed by atoms with van der Waals surface area (Å²) in [6.45, 7) is 1.20. The third kappa shape index (κ3) is 12.5. The molecule has 342 valence electrons. The Bertz CT molecular complexity index is 2320. The van der Waals surface area contributed by atoms with Crippen molar-refractivity contribution in [1.29, 1.82) is 0 Å². The van der Waals surface area contributed by atoms with Crippen LogP contribution in [0.5, 0.6) is 0 Å². The van der Waals surface area contributed by atoms with Gasteiger partial charge in [0.05, 0.1) is 23.7 Å². The minimum atomic E-state index is -0.865. The molecular formula is C52H54F2N6O6. The van der Waals surface area contributed by atoms with Crippen LogP contribution in [0.4, 0.5) is 8.78 Å². The average molecular weight is 897 g/mol. The Labute approximate surface area is 383 Å². The molecule has 0 aromatic heterocycles. The molecule has 7 rings (SSSR count). The van der Waals surface area contributed by atoms with E-state index in [9.17, 15) is 37.5 Å². The summed E-state index contributed by atoms with van der Waals surface area (Å²) in [4.78, 5) is 85.4. The average Bonchev–Trinajstić information content (AvgIpc) is 4.00. The number of carbonyl (C=O) groups excluding carboxylic acids is 6. The van der Waals surface area contributed by atoms with E-state index in [0.717, 1.165) is 22.3 Å². The molecule has 12 nitrogen and oxygen atoms in total. The molecule has 66 heavy (non-hydrogen) atoms. The van der Waals surface area contributed by atoms with Crippen molar-refractivity contribution in [1.82, 2.24) is 31.1 Å². The summed E-state index contributed by atoms with van der Waals surface area (Å²) in [5.41, 5.74) is 4.26. The van der Waals surface area contributed by atoms with Gasteiger partial charge in [0.25, 0.3) is 11.8 Å². The normalized spacial score (nSPS) is 17.8. The zero-order valence-electron chi connectivity index (χ0n) is 36.6. The summed E-state index contributed by atoms with van der Waals surface area (Å²) in [7, 11) is 0. The van der Waals surface area contributed by atoms with Gasteiger partial charge in [-0.2, -0.15) is 0 Å². The van der Waals surface area contributed by atoms with Crippen molar-refractivity contribution in [2.75, 3.05) is 52.4 Å². The third-order valence-electron chi connectivity index (χ3n) is 12.3. The second-order valence-corrected chi connectivity index (χ2v) is 16.8. The van der Waals surface area contributed by atoms with Gasteiger partial charge in [-0.25, -0.2) is 8.78 Å². The van der Waals surface area contributed by atoms with E-state index in [0.29, 0.717) is 38.8 Å². The van der Waals surface area contributed by atoms with E-state index in [-0.39, 0.29) is 73.8 Å². The first-order valence-electron chi connectivity index (χ1n) is 22.4. The summed E-state index contributed by atoms with van der Waals surface area (Å²) >= 11 is 0. The predicted octanol–water partition coefficient (Wildman–Crippen LogP) is 4.78. The Morgan fingerprint density at radius 2 is 0.636 bits per heavy atom. The highest BCUT2D eigenvalue weighted by Crippen LogP contribution is 2.28. The number of likely N-dealkylation sites (tertiary alicyclic amines) is 2. The molecule has 2 aliphatic rings. The quantitative estimate of drug-likeness (QED) is 0.0993. The van der Waals surface area contributed by atoms with Gasteiger partial charge in [-0.15, -0.1) is 0 Å². The summed E-state index contributed by atoms with van der Waals surface area (Å²) in [5, 5.41) is 11.7. The summed E-state index contributed by atoms with van der Waals surface area (Å²) < 4.78 is 26.8. The number of amides is 6. The second-order valence-electron chi connectivity index (χ2n) is 16.8. The topological polar surface area (TPSA) is 157 Å². The largest absolute Gasteiger partial charge is 0.355 e. The summed E-state index contributed by atoms with van der Waals surface area (Å²) in [6.07, 6.45) is 2.09. The lowest BCUT2D eigenvalue weighted by molar-refractivity contribution is -0.132. The first kappa shape index (κ1) is 46.8. The van der Waals surface area contributed by atoms with Gasteiger partial charge in [-0.3, -0.25) is 28.8 Å².